The van der Waals surface area contributed by atoms with Gasteiger partial charge >= 0.3 is 0 Å². The lowest BCUT2D eigenvalue weighted by molar-refractivity contribution is 0.240. The molecule has 2 aromatic rings. The Morgan fingerprint density at radius 1 is 1.43 bits per heavy atom. The predicted molar refractivity (Wildman–Crippen MR) is 82.0 cm³/mol. The van der Waals surface area contributed by atoms with Crippen LogP contribution in [-0.2, 0) is 19.6 Å². The Labute approximate surface area is 132 Å². The fraction of sp³-hybridized carbons (Fsp3) is 0.467. The molecule has 0 saturated heterocycles. The molecular formula is C15H18BrN3O2. The lowest BCUT2D eigenvalue weighted by Gasteiger charge is -2.11. The molecule has 1 N–H and O–H groups in total. The molecule has 0 radical (unpaired) electrons. The van der Waals surface area contributed by atoms with E-state index in [9.17, 15) is 0 Å². The maximum Gasteiger partial charge on any atom is 0.264 e. The number of halogens is 1. The van der Waals surface area contributed by atoms with E-state index in [0.717, 1.165) is 28.8 Å². The Morgan fingerprint density at radius 3 is 3.00 bits per heavy atom. The highest BCUT2D eigenvalue weighted by molar-refractivity contribution is 9.10. The second kappa shape index (κ2) is 6.58. The molecule has 0 amide bonds. The van der Waals surface area contributed by atoms with Crippen molar-refractivity contribution in [1.82, 2.24) is 15.5 Å². The first-order valence-electron chi connectivity index (χ1n) is 7.20. The first kappa shape index (κ1) is 14.5. The first-order valence-corrected chi connectivity index (χ1v) is 8.00. The normalized spacial score (nSPS) is 14.4. The summed E-state index contributed by atoms with van der Waals surface area (Å²) in [5, 5.41) is 7.37. The number of hydrogen-bond acceptors (Lipinski definition) is 5. The largest absolute Gasteiger partial charge is 0.483 e. The summed E-state index contributed by atoms with van der Waals surface area (Å²) < 4.78 is 12.0. The van der Waals surface area contributed by atoms with E-state index >= 15 is 0 Å². The van der Waals surface area contributed by atoms with E-state index in [-0.39, 0.29) is 0 Å². The van der Waals surface area contributed by atoms with Crippen LogP contribution in [0, 0.1) is 0 Å². The molecule has 0 aliphatic heterocycles. The van der Waals surface area contributed by atoms with Crippen molar-refractivity contribution in [3.05, 3.63) is 40.0 Å². The van der Waals surface area contributed by atoms with Gasteiger partial charge in [-0.25, -0.2) is 0 Å². The molecule has 0 atom stereocenters. The summed E-state index contributed by atoms with van der Waals surface area (Å²) in [4.78, 5) is 4.25. The number of hydrogen-bond donors (Lipinski definition) is 1. The zero-order valence-electron chi connectivity index (χ0n) is 11.9. The molecule has 1 heterocycles. The Hall–Kier alpha value is -1.40. The molecule has 6 heteroatoms. The third-order valence-corrected chi connectivity index (χ3v) is 3.85. The van der Waals surface area contributed by atoms with Gasteiger partial charge < -0.3 is 14.6 Å². The maximum absolute atomic E-state index is 5.83. The summed E-state index contributed by atoms with van der Waals surface area (Å²) >= 11 is 3.50. The Bertz CT molecular complexity index is 611. The van der Waals surface area contributed by atoms with Crippen LogP contribution in [0.4, 0.5) is 0 Å². The van der Waals surface area contributed by atoms with E-state index in [4.69, 9.17) is 9.26 Å². The fourth-order valence-electron chi connectivity index (χ4n) is 2.00. The number of ether oxygens (including phenoxy) is 1. The monoisotopic (exact) mass is 351 g/mol. The van der Waals surface area contributed by atoms with Crippen molar-refractivity contribution in [2.75, 3.05) is 0 Å². The van der Waals surface area contributed by atoms with E-state index in [2.05, 4.69) is 37.5 Å². The van der Waals surface area contributed by atoms with Gasteiger partial charge in [0.1, 0.15) is 5.75 Å². The minimum Gasteiger partial charge on any atom is -0.483 e. The SMILES string of the molecule is CCc1noc(COc2ccc(Br)cc2CNC2CC2)n1. The maximum atomic E-state index is 5.83. The van der Waals surface area contributed by atoms with Crippen molar-refractivity contribution in [3.8, 4) is 5.75 Å². The van der Waals surface area contributed by atoms with Gasteiger partial charge in [0.2, 0.25) is 0 Å². The van der Waals surface area contributed by atoms with Gasteiger partial charge in [0.15, 0.2) is 12.4 Å². The van der Waals surface area contributed by atoms with Crippen molar-refractivity contribution in [2.24, 2.45) is 0 Å². The van der Waals surface area contributed by atoms with Crippen molar-refractivity contribution < 1.29 is 9.26 Å². The number of benzene rings is 1. The molecule has 0 bridgehead atoms. The van der Waals surface area contributed by atoms with Crippen LogP contribution in [-0.4, -0.2) is 16.2 Å². The van der Waals surface area contributed by atoms with Crippen LogP contribution in [0.15, 0.2) is 27.2 Å². The molecule has 3 rings (SSSR count). The lowest BCUT2D eigenvalue weighted by atomic mass is 10.2. The second-order valence-electron chi connectivity index (χ2n) is 5.15. The molecule has 0 spiro atoms. The highest BCUT2D eigenvalue weighted by atomic mass is 79.9. The standard InChI is InChI=1S/C15H18BrN3O2/c1-2-14-18-15(21-19-14)9-20-13-6-3-11(16)7-10(13)8-17-12-4-5-12/h3,6-7,12,17H,2,4-5,8-9H2,1H3. The van der Waals surface area contributed by atoms with Gasteiger partial charge in [0.05, 0.1) is 0 Å². The van der Waals surface area contributed by atoms with Gasteiger partial charge in [-0.1, -0.05) is 28.0 Å². The van der Waals surface area contributed by atoms with Gasteiger partial charge in [-0.05, 0) is 31.0 Å². The van der Waals surface area contributed by atoms with Crippen LogP contribution in [0.5, 0.6) is 5.75 Å². The van der Waals surface area contributed by atoms with Crippen molar-refractivity contribution in [3.63, 3.8) is 0 Å². The van der Waals surface area contributed by atoms with Crippen molar-refractivity contribution >= 4 is 15.9 Å². The van der Waals surface area contributed by atoms with Crippen LogP contribution in [0.25, 0.3) is 0 Å². The molecule has 1 aliphatic rings. The summed E-state index contributed by atoms with van der Waals surface area (Å²) in [5.74, 6) is 2.07. The van der Waals surface area contributed by atoms with Gasteiger partial charge in [-0.3, -0.25) is 0 Å². The van der Waals surface area contributed by atoms with Gasteiger partial charge in [0.25, 0.3) is 5.89 Å². The minimum absolute atomic E-state index is 0.297. The number of aryl methyl sites for hydroxylation is 1. The third kappa shape index (κ3) is 4.04. The summed E-state index contributed by atoms with van der Waals surface area (Å²) in [6.45, 7) is 3.10. The highest BCUT2D eigenvalue weighted by Crippen LogP contribution is 2.26. The quantitative estimate of drug-likeness (QED) is 0.829. The van der Waals surface area contributed by atoms with Gasteiger partial charge in [-0.15, -0.1) is 0 Å². The minimum atomic E-state index is 0.297. The van der Waals surface area contributed by atoms with E-state index in [1.807, 2.05) is 19.1 Å². The van der Waals surface area contributed by atoms with Crippen LogP contribution in [0.2, 0.25) is 0 Å². The van der Waals surface area contributed by atoms with Crippen LogP contribution >= 0.6 is 15.9 Å². The molecule has 1 aromatic carbocycles. The number of nitrogens with one attached hydrogen (secondary N) is 1. The van der Waals surface area contributed by atoms with Crippen LogP contribution in [0.1, 0.15) is 37.0 Å². The highest BCUT2D eigenvalue weighted by Gasteiger charge is 2.20. The smallest absolute Gasteiger partial charge is 0.264 e. The Morgan fingerprint density at radius 2 is 2.29 bits per heavy atom. The molecule has 0 unspecified atom stereocenters. The number of aromatic nitrogens is 2. The van der Waals surface area contributed by atoms with Gasteiger partial charge in [-0.2, -0.15) is 4.98 Å². The lowest BCUT2D eigenvalue weighted by Crippen LogP contribution is -2.16. The van der Waals surface area contributed by atoms with E-state index in [1.54, 1.807) is 0 Å². The zero-order valence-corrected chi connectivity index (χ0v) is 13.5. The predicted octanol–water partition coefficient (Wildman–Crippen LogP) is 3.23. The third-order valence-electron chi connectivity index (χ3n) is 3.36. The average Bonchev–Trinajstić information content (AvgIpc) is 3.21. The molecule has 5 nitrogen and oxygen atoms in total. The first-order chi connectivity index (χ1) is 10.2. The summed E-state index contributed by atoms with van der Waals surface area (Å²) in [7, 11) is 0. The molecule has 1 aromatic heterocycles. The topological polar surface area (TPSA) is 60.2 Å². The number of rotatable bonds is 7. The average molecular weight is 352 g/mol. The van der Waals surface area contributed by atoms with Crippen LogP contribution < -0.4 is 10.1 Å². The molecule has 1 saturated carbocycles. The van der Waals surface area contributed by atoms with Crippen molar-refractivity contribution in [2.45, 2.75) is 45.4 Å². The number of nitrogens with zero attached hydrogens (tertiary/aromatic N) is 2. The van der Waals surface area contributed by atoms with Crippen molar-refractivity contribution in [1.29, 1.82) is 0 Å². The molecular weight excluding hydrogens is 334 g/mol. The Balaban J connectivity index is 1.65. The van der Waals surface area contributed by atoms with E-state index in [1.165, 1.54) is 12.8 Å². The molecule has 112 valence electrons. The molecule has 1 aliphatic carbocycles. The van der Waals surface area contributed by atoms with Crippen LogP contribution in [0.3, 0.4) is 0 Å². The Kier molecular flexibility index (Phi) is 4.55. The molecule has 1 fully saturated rings. The molecule has 21 heavy (non-hydrogen) atoms. The zero-order chi connectivity index (χ0) is 14.7. The van der Waals surface area contributed by atoms with Gasteiger partial charge in [0, 0.05) is 29.0 Å². The summed E-state index contributed by atoms with van der Waals surface area (Å²) in [6, 6.07) is 6.68. The summed E-state index contributed by atoms with van der Waals surface area (Å²) in [5.41, 5.74) is 1.13. The fourth-order valence-corrected chi connectivity index (χ4v) is 2.41. The van der Waals surface area contributed by atoms with E-state index in [0.29, 0.717) is 24.4 Å². The second-order valence-corrected chi connectivity index (χ2v) is 6.07. The van der Waals surface area contributed by atoms with E-state index < -0.39 is 0 Å². The summed E-state index contributed by atoms with van der Waals surface area (Å²) in [6.07, 6.45) is 3.30.